The molecule has 136 valence electrons. The molecule has 0 saturated carbocycles. The molecule has 0 fully saturated rings. The van der Waals surface area contributed by atoms with Gasteiger partial charge in [0.1, 0.15) is 12.4 Å². The summed E-state index contributed by atoms with van der Waals surface area (Å²) in [5.41, 5.74) is 4.71. The molecule has 1 N–H and O–H groups in total. The molecule has 1 heterocycles. The van der Waals surface area contributed by atoms with Crippen molar-refractivity contribution in [1.82, 2.24) is 10.4 Å². The van der Waals surface area contributed by atoms with Crippen molar-refractivity contribution in [2.75, 3.05) is 0 Å². The standard InChI is InChI=1S/C20H15Cl2N3O2/c21-18-6-3-15(11-19(18)22)13-27-17-4-1-14(2-5-17)12-24-25-20(26)16-7-9-23-10-8-16/h1-12H,13H2,(H,25,26). The van der Waals surface area contributed by atoms with Crippen molar-refractivity contribution in [2.45, 2.75) is 6.61 Å². The van der Waals surface area contributed by atoms with Gasteiger partial charge in [0.2, 0.25) is 0 Å². The van der Waals surface area contributed by atoms with Crippen LogP contribution in [0.1, 0.15) is 21.5 Å². The molecule has 0 saturated heterocycles. The molecule has 0 radical (unpaired) electrons. The van der Waals surface area contributed by atoms with Crippen LogP contribution in [0.2, 0.25) is 10.0 Å². The zero-order valence-corrected chi connectivity index (χ0v) is 15.6. The number of benzene rings is 2. The van der Waals surface area contributed by atoms with E-state index < -0.39 is 0 Å². The van der Waals surface area contributed by atoms with Crippen molar-refractivity contribution in [3.05, 3.63) is 93.7 Å². The quantitative estimate of drug-likeness (QED) is 0.481. The van der Waals surface area contributed by atoms with Gasteiger partial charge in [-0.05, 0) is 59.7 Å². The molecule has 1 aromatic heterocycles. The zero-order valence-electron chi connectivity index (χ0n) is 14.1. The highest BCUT2D eigenvalue weighted by Crippen LogP contribution is 2.23. The average molecular weight is 400 g/mol. The predicted octanol–water partition coefficient (Wildman–Crippen LogP) is 4.73. The number of halogens is 2. The van der Waals surface area contributed by atoms with E-state index in [9.17, 15) is 4.79 Å². The van der Waals surface area contributed by atoms with E-state index in [1.807, 2.05) is 30.3 Å². The molecule has 0 aliphatic rings. The normalized spacial score (nSPS) is 10.7. The second kappa shape index (κ2) is 9.16. The van der Waals surface area contributed by atoms with Crippen LogP contribution >= 0.6 is 23.2 Å². The number of amides is 1. The lowest BCUT2D eigenvalue weighted by Crippen LogP contribution is -2.17. The summed E-state index contributed by atoms with van der Waals surface area (Å²) in [5, 5.41) is 4.96. The second-order valence-electron chi connectivity index (χ2n) is 5.54. The van der Waals surface area contributed by atoms with Gasteiger partial charge in [-0.15, -0.1) is 0 Å². The van der Waals surface area contributed by atoms with Gasteiger partial charge >= 0.3 is 0 Å². The number of ether oxygens (including phenoxy) is 1. The summed E-state index contributed by atoms with van der Waals surface area (Å²) in [6.07, 6.45) is 4.66. The third-order valence-corrected chi connectivity index (χ3v) is 4.33. The summed E-state index contributed by atoms with van der Waals surface area (Å²) < 4.78 is 5.72. The Morgan fingerprint density at radius 3 is 2.48 bits per heavy atom. The van der Waals surface area contributed by atoms with Gasteiger partial charge in [-0.1, -0.05) is 29.3 Å². The van der Waals surface area contributed by atoms with E-state index in [-0.39, 0.29) is 5.91 Å². The van der Waals surface area contributed by atoms with Gasteiger partial charge in [-0.25, -0.2) is 5.43 Å². The van der Waals surface area contributed by atoms with Crippen LogP contribution in [0.15, 0.2) is 72.1 Å². The van der Waals surface area contributed by atoms with Gasteiger partial charge in [-0.2, -0.15) is 5.10 Å². The highest BCUT2D eigenvalue weighted by Gasteiger charge is 2.03. The summed E-state index contributed by atoms with van der Waals surface area (Å²) in [5.74, 6) is 0.411. The SMILES string of the molecule is O=C(NN=Cc1ccc(OCc2ccc(Cl)c(Cl)c2)cc1)c1ccncc1. The molecule has 27 heavy (non-hydrogen) atoms. The molecule has 3 aromatic rings. The lowest BCUT2D eigenvalue weighted by atomic mass is 10.2. The number of rotatable bonds is 6. The first kappa shape index (κ1) is 18.9. The van der Waals surface area contributed by atoms with Crippen LogP contribution in [0.3, 0.4) is 0 Å². The molecule has 0 aliphatic carbocycles. The molecular formula is C20H15Cl2N3O2. The second-order valence-corrected chi connectivity index (χ2v) is 6.36. The maximum absolute atomic E-state index is 11.9. The van der Waals surface area contributed by atoms with Crippen LogP contribution in [0.4, 0.5) is 0 Å². The average Bonchev–Trinajstić information content (AvgIpc) is 2.70. The molecule has 0 spiro atoms. The molecule has 1 amide bonds. The maximum Gasteiger partial charge on any atom is 0.271 e. The minimum absolute atomic E-state index is 0.296. The first-order valence-electron chi connectivity index (χ1n) is 8.02. The number of nitrogens with zero attached hydrogens (tertiary/aromatic N) is 2. The van der Waals surface area contributed by atoms with Crippen molar-refractivity contribution < 1.29 is 9.53 Å². The van der Waals surface area contributed by atoms with Crippen molar-refractivity contribution in [3.63, 3.8) is 0 Å². The first-order valence-corrected chi connectivity index (χ1v) is 8.77. The molecule has 0 bridgehead atoms. The van der Waals surface area contributed by atoms with Gasteiger partial charge in [0.25, 0.3) is 5.91 Å². The van der Waals surface area contributed by atoms with Gasteiger partial charge in [0, 0.05) is 18.0 Å². The Morgan fingerprint density at radius 1 is 1.04 bits per heavy atom. The van der Waals surface area contributed by atoms with E-state index in [0.29, 0.717) is 28.0 Å². The molecule has 0 atom stereocenters. The van der Waals surface area contributed by atoms with Crippen molar-refractivity contribution in [2.24, 2.45) is 5.10 Å². The first-order chi connectivity index (χ1) is 13.1. The fraction of sp³-hybridized carbons (Fsp3) is 0.0500. The van der Waals surface area contributed by atoms with E-state index in [1.54, 1.807) is 42.9 Å². The fourth-order valence-electron chi connectivity index (χ4n) is 2.18. The van der Waals surface area contributed by atoms with E-state index in [0.717, 1.165) is 11.1 Å². The molecule has 0 aliphatic heterocycles. The van der Waals surface area contributed by atoms with Crippen molar-refractivity contribution in [3.8, 4) is 5.75 Å². The minimum atomic E-state index is -0.296. The number of nitrogens with one attached hydrogen (secondary N) is 1. The Morgan fingerprint density at radius 2 is 1.78 bits per heavy atom. The van der Waals surface area contributed by atoms with Gasteiger partial charge in [0.15, 0.2) is 0 Å². The lowest BCUT2D eigenvalue weighted by molar-refractivity contribution is 0.0955. The summed E-state index contributed by atoms with van der Waals surface area (Å²) in [7, 11) is 0. The van der Waals surface area contributed by atoms with Crippen LogP contribution in [-0.4, -0.2) is 17.1 Å². The topological polar surface area (TPSA) is 63.6 Å². The molecule has 0 unspecified atom stereocenters. The minimum Gasteiger partial charge on any atom is -0.489 e. The van der Waals surface area contributed by atoms with Crippen LogP contribution < -0.4 is 10.2 Å². The van der Waals surface area contributed by atoms with Crippen LogP contribution in [-0.2, 0) is 6.61 Å². The van der Waals surface area contributed by atoms with Crippen LogP contribution in [0.5, 0.6) is 5.75 Å². The van der Waals surface area contributed by atoms with Gasteiger partial charge in [-0.3, -0.25) is 9.78 Å². The Kier molecular flexibility index (Phi) is 6.41. The number of hydrazone groups is 1. The number of hydrogen-bond donors (Lipinski definition) is 1. The number of hydrogen-bond acceptors (Lipinski definition) is 4. The molecule has 5 nitrogen and oxygen atoms in total. The largest absolute Gasteiger partial charge is 0.489 e. The van der Waals surface area contributed by atoms with Crippen molar-refractivity contribution in [1.29, 1.82) is 0 Å². The number of pyridine rings is 1. The summed E-state index contributed by atoms with van der Waals surface area (Å²) >= 11 is 11.9. The van der Waals surface area contributed by atoms with E-state index >= 15 is 0 Å². The Balaban J connectivity index is 1.52. The Labute approximate surface area is 166 Å². The van der Waals surface area contributed by atoms with E-state index in [1.165, 1.54) is 0 Å². The number of carbonyl (C=O) groups excluding carboxylic acids is 1. The third kappa shape index (κ3) is 5.54. The number of aromatic nitrogens is 1. The summed E-state index contributed by atoms with van der Waals surface area (Å²) in [6.45, 7) is 0.381. The van der Waals surface area contributed by atoms with Gasteiger partial charge < -0.3 is 4.74 Å². The Hall–Kier alpha value is -2.89. The smallest absolute Gasteiger partial charge is 0.271 e. The highest BCUT2D eigenvalue weighted by atomic mass is 35.5. The van der Waals surface area contributed by atoms with Crippen molar-refractivity contribution >= 4 is 35.3 Å². The van der Waals surface area contributed by atoms with Gasteiger partial charge in [0.05, 0.1) is 16.3 Å². The van der Waals surface area contributed by atoms with Crippen LogP contribution in [0.25, 0.3) is 0 Å². The summed E-state index contributed by atoms with van der Waals surface area (Å²) in [6, 6.07) is 15.9. The maximum atomic E-state index is 11.9. The van der Waals surface area contributed by atoms with E-state index in [2.05, 4.69) is 15.5 Å². The lowest BCUT2D eigenvalue weighted by Gasteiger charge is -2.07. The monoisotopic (exact) mass is 399 g/mol. The fourth-order valence-corrected chi connectivity index (χ4v) is 2.50. The molecule has 7 heteroatoms. The van der Waals surface area contributed by atoms with Crippen LogP contribution in [0, 0.1) is 0 Å². The zero-order chi connectivity index (χ0) is 19.1. The summed E-state index contributed by atoms with van der Waals surface area (Å²) in [4.78, 5) is 15.7. The number of carbonyl (C=O) groups is 1. The Bertz CT molecular complexity index is 945. The molecule has 3 rings (SSSR count). The van der Waals surface area contributed by atoms with E-state index in [4.69, 9.17) is 27.9 Å². The third-order valence-electron chi connectivity index (χ3n) is 3.59. The predicted molar refractivity (Wildman–Crippen MR) is 107 cm³/mol. The molecule has 2 aromatic carbocycles. The molecular weight excluding hydrogens is 385 g/mol. The highest BCUT2D eigenvalue weighted by molar-refractivity contribution is 6.42.